The quantitative estimate of drug-likeness (QED) is 0.190. The molecule has 5 heteroatoms. The first-order valence-corrected chi connectivity index (χ1v) is 15.7. The van der Waals surface area contributed by atoms with Crippen LogP contribution in [0.25, 0.3) is 32.6 Å². The number of anilines is 6. The van der Waals surface area contributed by atoms with Gasteiger partial charge in [0, 0.05) is 72.9 Å². The largest absolute Gasteiger partial charge is 0.310 e. The van der Waals surface area contributed by atoms with Gasteiger partial charge in [-0.25, -0.2) is 0 Å². The lowest BCUT2D eigenvalue weighted by molar-refractivity contribution is 1.09. The van der Waals surface area contributed by atoms with Crippen LogP contribution in [0, 0.1) is 0 Å². The molecule has 0 bridgehead atoms. The van der Waals surface area contributed by atoms with Crippen LogP contribution in [0.5, 0.6) is 0 Å². The zero-order valence-corrected chi connectivity index (χ0v) is 24.4. The Morgan fingerprint density at radius 1 is 0.477 bits per heavy atom. The zero-order chi connectivity index (χ0) is 28.8. The highest BCUT2D eigenvalue weighted by Gasteiger charge is 2.27. The molecule has 4 nitrogen and oxygen atoms in total. The number of aromatic nitrogens is 2. The summed E-state index contributed by atoms with van der Waals surface area (Å²) in [5.41, 5.74) is 11.6. The standard InChI is InChI=1S/C39H24N4S/c1-3-11-32-24(9-1)17-25-10-2-4-12-33(25)42(32)28-18-26-22-41-31-21-29(19-27-23-40-30(20-28)38(26)39(27)31)43-34-13-5-7-15-36(34)44-37-16-8-6-14-35(37)43/h1-16,18-23H,17H2. The van der Waals surface area contributed by atoms with Gasteiger partial charge in [-0.2, -0.15) is 0 Å². The summed E-state index contributed by atoms with van der Waals surface area (Å²) in [6.07, 6.45) is 4.98. The molecule has 0 aliphatic carbocycles. The first-order valence-electron chi connectivity index (χ1n) is 14.9. The average Bonchev–Trinajstić information content (AvgIpc) is 3.08. The molecule has 0 fully saturated rings. The van der Waals surface area contributed by atoms with E-state index in [0.717, 1.165) is 50.4 Å². The molecule has 4 heterocycles. The Kier molecular flexibility index (Phi) is 4.96. The highest BCUT2D eigenvalue weighted by Crippen LogP contribution is 2.52. The summed E-state index contributed by atoms with van der Waals surface area (Å²) in [6.45, 7) is 0. The molecule has 2 aliphatic rings. The fraction of sp³-hybridized carbons (Fsp3) is 0.0256. The van der Waals surface area contributed by atoms with Crippen molar-refractivity contribution < 1.29 is 0 Å². The van der Waals surface area contributed by atoms with Crippen LogP contribution in [0.4, 0.5) is 34.1 Å². The Bertz CT molecular complexity index is 2110. The monoisotopic (exact) mass is 580 g/mol. The molecule has 0 spiro atoms. The number of nitrogens with zero attached hydrogens (tertiary/aromatic N) is 4. The normalized spacial score (nSPS) is 13.6. The summed E-state index contributed by atoms with van der Waals surface area (Å²) in [6, 6.07) is 43.7. The smallest absolute Gasteiger partial charge is 0.0736 e. The summed E-state index contributed by atoms with van der Waals surface area (Å²) in [5.74, 6) is 0. The van der Waals surface area contributed by atoms with Gasteiger partial charge in [0.15, 0.2) is 0 Å². The Hall–Kier alpha value is -5.39. The van der Waals surface area contributed by atoms with Crippen LogP contribution in [-0.2, 0) is 6.42 Å². The minimum atomic E-state index is 0.935. The lowest BCUT2D eigenvalue weighted by atomic mass is 9.94. The topological polar surface area (TPSA) is 32.3 Å². The maximum atomic E-state index is 5.08. The van der Waals surface area contributed by atoms with E-state index in [-0.39, 0.29) is 0 Å². The average molecular weight is 581 g/mol. The van der Waals surface area contributed by atoms with Crippen LogP contribution in [-0.4, -0.2) is 9.97 Å². The molecule has 0 saturated heterocycles. The van der Waals surface area contributed by atoms with Gasteiger partial charge in [0.25, 0.3) is 0 Å². The molecule has 6 aromatic carbocycles. The Balaban J connectivity index is 1.17. The number of para-hydroxylation sites is 4. The third kappa shape index (κ3) is 3.41. The van der Waals surface area contributed by atoms with Crippen molar-refractivity contribution in [2.24, 2.45) is 0 Å². The first kappa shape index (κ1) is 24.1. The van der Waals surface area contributed by atoms with E-state index < -0.39 is 0 Å². The second kappa shape index (κ2) is 9.06. The summed E-state index contributed by atoms with van der Waals surface area (Å²) in [4.78, 5) is 17.4. The fourth-order valence-corrected chi connectivity index (χ4v) is 8.17. The van der Waals surface area contributed by atoms with Crippen LogP contribution >= 0.6 is 11.8 Å². The van der Waals surface area contributed by atoms with Gasteiger partial charge in [0.2, 0.25) is 0 Å². The highest BCUT2D eigenvalue weighted by atomic mass is 32.2. The summed E-state index contributed by atoms with van der Waals surface area (Å²) in [7, 11) is 0. The van der Waals surface area contributed by atoms with Gasteiger partial charge in [-0.15, -0.1) is 0 Å². The number of fused-ring (bicyclic) bond motifs is 4. The Morgan fingerprint density at radius 3 is 1.43 bits per heavy atom. The van der Waals surface area contributed by atoms with Crippen molar-refractivity contribution in [3.63, 3.8) is 0 Å². The van der Waals surface area contributed by atoms with Crippen molar-refractivity contribution in [2.75, 3.05) is 9.80 Å². The van der Waals surface area contributed by atoms with Crippen molar-refractivity contribution in [2.45, 2.75) is 16.2 Å². The molecule has 10 rings (SSSR count). The molecule has 0 saturated carbocycles. The summed E-state index contributed by atoms with van der Waals surface area (Å²) in [5, 5.41) is 4.52. The number of benzene rings is 6. The van der Waals surface area contributed by atoms with E-state index in [9.17, 15) is 0 Å². The maximum absolute atomic E-state index is 5.08. The zero-order valence-electron chi connectivity index (χ0n) is 23.6. The number of hydrogen-bond donors (Lipinski definition) is 0. The van der Waals surface area contributed by atoms with Crippen LogP contribution in [0.15, 0.2) is 144 Å². The molecule has 8 aromatic rings. The van der Waals surface area contributed by atoms with Gasteiger partial charge < -0.3 is 9.80 Å². The molecule has 0 atom stereocenters. The third-order valence-electron chi connectivity index (χ3n) is 9.00. The summed E-state index contributed by atoms with van der Waals surface area (Å²) >= 11 is 1.82. The van der Waals surface area contributed by atoms with E-state index in [2.05, 4.69) is 131 Å². The molecular weight excluding hydrogens is 557 g/mol. The number of pyridine rings is 2. The van der Waals surface area contributed by atoms with Crippen LogP contribution in [0.3, 0.4) is 0 Å². The van der Waals surface area contributed by atoms with E-state index >= 15 is 0 Å². The Labute approximate surface area is 258 Å². The molecule has 44 heavy (non-hydrogen) atoms. The maximum Gasteiger partial charge on any atom is 0.0736 e. The SMILES string of the molecule is c1ccc2c(c1)Cc1ccccc1N2c1cc2cnc3cc(N4c5ccccc5Sc5ccccc54)cc4cnc(c1)c2c43. The molecular formula is C39H24N4S. The third-order valence-corrected chi connectivity index (χ3v) is 10.1. The molecule has 0 N–H and O–H groups in total. The van der Waals surface area contributed by atoms with E-state index in [1.165, 1.54) is 43.7 Å². The van der Waals surface area contributed by atoms with Crippen molar-refractivity contribution in [3.05, 3.63) is 145 Å². The molecule has 206 valence electrons. The second-order valence-electron chi connectivity index (χ2n) is 11.5. The van der Waals surface area contributed by atoms with Gasteiger partial charge in [-0.1, -0.05) is 72.4 Å². The second-order valence-corrected chi connectivity index (χ2v) is 12.6. The lowest BCUT2D eigenvalue weighted by Crippen LogP contribution is -2.18. The van der Waals surface area contributed by atoms with Crippen molar-refractivity contribution in [3.8, 4) is 0 Å². The van der Waals surface area contributed by atoms with Crippen molar-refractivity contribution >= 4 is 78.5 Å². The van der Waals surface area contributed by atoms with Crippen LogP contribution in [0.1, 0.15) is 11.1 Å². The number of hydrogen-bond acceptors (Lipinski definition) is 5. The minimum absolute atomic E-state index is 0.935. The molecule has 2 aliphatic heterocycles. The van der Waals surface area contributed by atoms with Gasteiger partial charge in [-0.05, 0) is 71.8 Å². The highest BCUT2D eigenvalue weighted by molar-refractivity contribution is 7.99. The van der Waals surface area contributed by atoms with Crippen LogP contribution in [0.2, 0.25) is 0 Å². The summed E-state index contributed by atoms with van der Waals surface area (Å²) < 4.78 is 0. The fourth-order valence-electron chi connectivity index (χ4n) is 7.11. The van der Waals surface area contributed by atoms with E-state index in [1.54, 1.807) is 0 Å². The van der Waals surface area contributed by atoms with E-state index in [0.29, 0.717) is 0 Å². The number of rotatable bonds is 2. The predicted octanol–water partition coefficient (Wildman–Crippen LogP) is 10.7. The Morgan fingerprint density at radius 2 is 0.909 bits per heavy atom. The molecule has 0 radical (unpaired) electrons. The molecule has 0 amide bonds. The van der Waals surface area contributed by atoms with Crippen molar-refractivity contribution in [1.29, 1.82) is 0 Å². The van der Waals surface area contributed by atoms with Crippen LogP contribution < -0.4 is 9.80 Å². The van der Waals surface area contributed by atoms with Gasteiger partial charge in [-0.3, -0.25) is 9.97 Å². The first-order chi connectivity index (χ1) is 21.8. The van der Waals surface area contributed by atoms with Gasteiger partial charge >= 0.3 is 0 Å². The van der Waals surface area contributed by atoms with E-state index in [4.69, 9.17) is 9.97 Å². The van der Waals surface area contributed by atoms with Gasteiger partial charge in [0.1, 0.15) is 0 Å². The van der Waals surface area contributed by atoms with E-state index in [1.807, 2.05) is 24.2 Å². The molecule has 2 aromatic heterocycles. The predicted molar refractivity (Wildman–Crippen MR) is 182 cm³/mol. The lowest BCUT2D eigenvalue weighted by Gasteiger charge is -2.34. The van der Waals surface area contributed by atoms with Crippen molar-refractivity contribution in [1.82, 2.24) is 9.97 Å². The van der Waals surface area contributed by atoms with Gasteiger partial charge in [0.05, 0.1) is 22.4 Å². The minimum Gasteiger partial charge on any atom is -0.310 e. The molecule has 0 unspecified atom stereocenters.